The molecular formula is C45H15B12N3O. The number of benzene rings is 8. The lowest BCUT2D eigenvalue weighted by Crippen LogP contribution is -2.55. The molecule has 0 N–H and O–H groups in total. The van der Waals surface area contributed by atoms with Crippen LogP contribution < -0.4 is 65.6 Å². The monoisotopic (exact) mass is 745 g/mol. The number of furan rings is 1. The maximum Gasteiger partial charge on any atom is 0.167 e. The lowest BCUT2D eigenvalue weighted by Gasteiger charge is -2.23. The number of hydrogen-bond donors (Lipinski definition) is 0. The van der Waals surface area contributed by atoms with Gasteiger partial charge in [-0.15, -0.1) is 32.8 Å². The number of para-hydroxylation sites is 2. The molecule has 0 amide bonds. The molecule has 24 radical (unpaired) electrons. The van der Waals surface area contributed by atoms with E-state index in [2.05, 4.69) is 0 Å². The Morgan fingerprint density at radius 3 is 1.51 bits per heavy atom. The van der Waals surface area contributed by atoms with Crippen LogP contribution in [0, 0.1) is 0 Å². The van der Waals surface area contributed by atoms with E-state index in [1.165, 1.54) is 0 Å². The van der Waals surface area contributed by atoms with Crippen molar-refractivity contribution in [2.24, 2.45) is 0 Å². The van der Waals surface area contributed by atoms with E-state index in [4.69, 9.17) is 114 Å². The van der Waals surface area contributed by atoms with Gasteiger partial charge < -0.3 is 4.42 Å². The van der Waals surface area contributed by atoms with Crippen LogP contribution in [0.5, 0.6) is 0 Å². The van der Waals surface area contributed by atoms with Gasteiger partial charge in [0.05, 0.1) is 5.56 Å². The molecule has 8 aromatic carbocycles. The van der Waals surface area contributed by atoms with Gasteiger partial charge in [0.15, 0.2) is 17.5 Å². The summed E-state index contributed by atoms with van der Waals surface area (Å²) >= 11 is 0. The second-order valence-corrected chi connectivity index (χ2v) is 15.0. The van der Waals surface area contributed by atoms with Crippen LogP contribution >= 0.6 is 0 Å². The first kappa shape index (κ1) is 39.3. The zero-order chi connectivity index (χ0) is 42.8. The predicted octanol–water partition coefficient (Wildman–Crippen LogP) is -2.58. The van der Waals surface area contributed by atoms with Crippen LogP contribution in [0.25, 0.3) is 99.5 Å². The summed E-state index contributed by atoms with van der Waals surface area (Å²) in [5.74, 6) is 0.733. The normalized spacial score (nSPS) is 11.7. The van der Waals surface area contributed by atoms with E-state index in [0.717, 1.165) is 16.2 Å². The van der Waals surface area contributed by atoms with Gasteiger partial charge in [-0.3, -0.25) is 0 Å². The lowest BCUT2D eigenvalue weighted by atomic mass is 9.60. The number of rotatable bonds is 4. The van der Waals surface area contributed by atoms with Crippen molar-refractivity contribution in [1.29, 1.82) is 0 Å². The SMILES string of the molecule is [B]c1cc2c(cc1[B])c1c([B])c([B])cc([B])c1c1c([B])c(-c3cccc4c3oc3c(-c5nc(-c6ccccc6)nc(-c6c([B])c([B])c([B])c([B])c6[B])n5)cccc34)c([B])cc21. The van der Waals surface area contributed by atoms with E-state index < -0.39 is 0 Å². The molecule has 0 aliphatic carbocycles. The van der Waals surface area contributed by atoms with Gasteiger partial charge >= 0.3 is 0 Å². The maximum absolute atomic E-state index is 7.26. The molecule has 10 aromatic rings. The summed E-state index contributed by atoms with van der Waals surface area (Å²) in [5, 5.41) is 5.49. The van der Waals surface area contributed by atoms with E-state index in [1.807, 2.05) is 72.8 Å². The van der Waals surface area contributed by atoms with E-state index in [0.29, 0.717) is 104 Å². The number of fused-ring (bicyclic) bond motifs is 9. The molecule has 0 atom stereocenters. The summed E-state index contributed by atoms with van der Waals surface area (Å²) in [6.45, 7) is 0. The molecule has 2 heterocycles. The van der Waals surface area contributed by atoms with Gasteiger partial charge in [0.2, 0.25) is 0 Å². The molecule has 16 heteroatoms. The van der Waals surface area contributed by atoms with Gasteiger partial charge in [-0.2, -0.15) is 0 Å². The Balaban J connectivity index is 1.25. The molecule has 10 rings (SSSR count). The van der Waals surface area contributed by atoms with Crippen molar-refractivity contribution in [3.63, 3.8) is 0 Å². The summed E-state index contributed by atoms with van der Waals surface area (Å²) in [7, 11) is 78.5. The largest absolute Gasteiger partial charge is 0.455 e. The third-order valence-corrected chi connectivity index (χ3v) is 11.5. The molecule has 252 valence electrons. The summed E-state index contributed by atoms with van der Waals surface area (Å²) in [4.78, 5) is 14.6. The third kappa shape index (κ3) is 5.88. The van der Waals surface area contributed by atoms with Crippen LogP contribution in [0.4, 0.5) is 0 Å². The molecule has 0 saturated heterocycles. The Kier molecular flexibility index (Phi) is 9.25. The Labute approximate surface area is 367 Å². The zero-order valence-electron chi connectivity index (χ0n) is 32.3. The summed E-state index contributed by atoms with van der Waals surface area (Å²) in [6, 6.07) is 27.9. The van der Waals surface area contributed by atoms with E-state index in [-0.39, 0.29) is 44.5 Å². The van der Waals surface area contributed by atoms with E-state index in [1.54, 1.807) is 18.2 Å². The molecule has 0 fully saturated rings. The molecule has 4 nitrogen and oxygen atoms in total. The zero-order valence-corrected chi connectivity index (χ0v) is 32.3. The summed E-state index contributed by atoms with van der Waals surface area (Å²) < 4.78 is 6.87. The smallest absolute Gasteiger partial charge is 0.167 e. The fourth-order valence-corrected chi connectivity index (χ4v) is 8.47. The third-order valence-electron chi connectivity index (χ3n) is 11.5. The fourth-order valence-electron chi connectivity index (χ4n) is 8.47. The molecule has 0 aliphatic heterocycles. The Hall–Kier alpha value is -5.87. The Bertz CT molecular complexity index is 3550. The van der Waals surface area contributed by atoms with Crippen molar-refractivity contribution < 1.29 is 4.42 Å². The van der Waals surface area contributed by atoms with Gasteiger partial charge in [0.25, 0.3) is 0 Å². The van der Waals surface area contributed by atoms with Crippen molar-refractivity contribution in [3.8, 4) is 45.3 Å². The summed E-state index contributed by atoms with van der Waals surface area (Å²) in [5.41, 5.74) is 6.46. The average molecular weight is 743 g/mol. The van der Waals surface area contributed by atoms with Crippen molar-refractivity contribution in [2.45, 2.75) is 0 Å². The van der Waals surface area contributed by atoms with Crippen LogP contribution in [0.2, 0.25) is 0 Å². The highest BCUT2D eigenvalue weighted by molar-refractivity contribution is 6.69. The van der Waals surface area contributed by atoms with E-state index in [9.17, 15) is 0 Å². The minimum atomic E-state index is 0.0642. The van der Waals surface area contributed by atoms with Gasteiger partial charge in [-0.05, 0) is 43.9 Å². The minimum Gasteiger partial charge on any atom is -0.455 e. The quantitative estimate of drug-likeness (QED) is 0.147. The van der Waals surface area contributed by atoms with Crippen molar-refractivity contribution in [3.05, 3.63) is 91.0 Å². The second-order valence-electron chi connectivity index (χ2n) is 15.0. The van der Waals surface area contributed by atoms with Gasteiger partial charge in [-0.25, -0.2) is 15.0 Å². The molecular weight excluding hydrogens is 728 g/mol. The predicted molar refractivity (Wildman–Crippen MR) is 266 cm³/mol. The van der Waals surface area contributed by atoms with E-state index >= 15 is 0 Å². The van der Waals surface area contributed by atoms with Crippen molar-refractivity contribution in [2.75, 3.05) is 0 Å². The standard InChI is InChI=1S/C45H15B12N3O/c46-24-12-21-22(13-25(24)47)30-32(27(49)15-28(50)34(30)51)31-23(21)14-26(48)29(35(31)52)19-10-4-8-17-18-9-5-11-20(42(18)61-41(17)19)44-58-43(16-6-2-1-3-7-16)59-45(60-44)33-36(53)38(55)40(57)39(56)37(33)54/h1-15H. The molecule has 0 bridgehead atoms. The fraction of sp³-hybridized carbons (Fsp3) is 0. The summed E-state index contributed by atoms with van der Waals surface area (Å²) in [6.07, 6.45) is 0. The van der Waals surface area contributed by atoms with Crippen molar-refractivity contribution >= 4 is 214 Å². The average Bonchev–Trinajstić information content (AvgIpc) is 3.64. The maximum atomic E-state index is 7.26. The first-order valence-corrected chi connectivity index (χ1v) is 18.9. The highest BCUT2D eigenvalue weighted by atomic mass is 16.3. The molecule has 0 saturated carbocycles. The highest BCUT2D eigenvalue weighted by Crippen LogP contribution is 2.40. The van der Waals surface area contributed by atoms with Crippen LogP contribution in [-0.2, 0) is 0 Å². The molecule has 0 aliphatic rings. The van der Waals surface area contributed by atoms with Gasteiger partial charge in [-0.1, -0.05) is 118 Å². The number of nitrogens with zero attached hydrogens (tertiary/aromatic N) is 3. The molecule has 61 heavy (non-hydrogen) atoms. The molecule has 0 spiro atoms. The number of hydrogen-bond acceptors (Lipinski definition) is 4. The highest BCUT2D eigenvalue weighted by Gasteiger charge is 2.24. The minimum absolute atomic E-state index is 0.0642. The number of aromatic nitrogens is 3. The van der Waals surface area contributed by atoms with Crippen LogP contribution in [-0.4, -0.2) is 109 Å². The Morgan fingerprint density at radius 1 is 0.328 bits per heavy atom. The van der Waals surface area contributed by atoms with Gasteiger partial charge in [0.1, 0.15) is 105 Å². The topological polar surface area (TPSA) is 51.8 Å². The van der Waals surface area contributed by atoms with Gasteiger partial charge in [0, 0.05) is 27.5 Å². The first-order valence-electron chi connectivity index (χ1n) is 18.9. The van der Waals surface area contributed by atoms with Crippen molar-refractivity contribution in [1.82, 2.24) is 15.0 Å². The first-order chi connectivity index (χ1) is 29.2. The van der Waals surface area contributed by atoms with Crippen LogP contribution in [0.1, 0.15) is 0 Å². The molecule has 0 unspecified atom stereocenters. The second kappa shape index (κ2) is 14.4. The van der Waals surface area contributed by atoms with Crippen LogP contribution in [0.3, 0.4) is 0 Å². The molecule has 2 aromatic heterocycles. The lowest BCUT2D eigenvalue weighted by molar-refractivity contribution is 0.670. The Morgan fingerprint density at radius 2 is 0.852 bits per heavy atom. The van der Waals surface area contributed by atoms with Crippen LogP contribution in [0.15, 0.2) is 95.4 Å².